The van der Waals surface area contributed by atoms with E-state index in [9.17, 15) is 9.59 Å². The van der Waals surface area contributed by atoms with Gasteiger partial charge in [-0.25, -0.2) is 9.78 Å². The molecule has 1 aliphatic rings. The Hall–Kier alpha value is -2.89. The number of para-hydroxylation sites is 1. The monoisotopic (exact) mass is 325 g/mol. The number of anilines is 1. The lowest BCUT2D eigenvalue weighted by Crippen LogP contribution is -2.49. The minimum atomic E-state index is -0.577. The fourth-order valence-electron chi connectivity index (χ4n) is 2.63. The standard InChI is InChI=1S/C18H19N3O3/c22-17(14-24-18(23)16-8-4-5-9-19-16)21-12-10-20(11-13-21)15-6-2-1-3-7-15/h1-9H,10-14H2. The molecule has 6 nitrogen and oxygen atoms in total. The average Bonchev–Trinajstić information content (AvgIpc) is 2.67. The summed E-state index contributed by atoms with van der Waals surface area (Å²) in [6.45, 7) is 2.53. The van der Waals surface area contributed by atoms with Gasteiger partial charge in [-0.05, 0) is 24.3 Å². The highest BCUT2D eigenvalue weighted by Crippen LogP contribution is 2.15. The zero-order valence-corrected chi connectivity index (χ0v) is 13.3. The van der Waals surface area contributed by atoms with Crippen LogP contribution >= 0.6 is 0 Å². The van der Waals surface area contributed by atoms with E-state index >= 15 is 0 Å². The van der Waals surface area contributed by atoms with Gasteiger partial charge in [-0.2, -0.15) is 0 Å². The Morgan fingerprint density at radius 3 is 2.33 bits per heavy atom. The van der Waals surface area contributed by atoms with E-state index in [1.165, 1.54) is 6.20 Å². The van der Waals surface area contributed by atoms with Crippen LogP contribution in [0.2, 0.25) is 0 Å². The Balaban J connectivity index is 1.46. The molecule has 2 heterocycles. The molecule has 0 atom stereocenters. The Labute approximate surface area is 140 Å². The maximum Gasteiger partial charge on any atom is 0.357 e. The topological polar surface area (TPSA) is 62.7 Å². The van der Waals surface area contributed by atoms with Crippen molar-refractivity contribution in [3.05, 3.63) is 60.4 Å². The lowest BCUT2D eigenvalue weighted by Gasteiger charge is -2.36. The summed E-state index contributed by atoms with van der Waals surface area (Å²) >= 11 is 0. The van der Waals surface area contributed by atoms with Crippen molar-refractivity contribution < 1.29 is 14.3 Å². The highest BCUT2D eigenvalue weighted by molar-refractivity contribution is 5.89. The minimum absolute atomic E-state index is 0.174. The molecule has 0 unspecified atom stereocenters. The normalized spacial score (nSPS) is 14.3. The van der Waals surface area contributed by atoms with Crippen molar-refractivity contribution in [1.29, 1.82) is 0 Å². The molecule has 0 spiro atoms. The molecule has 0 radical (unpaired) electrons. The van der Waals surface area contributed by atoms with Gasteiger partial charge in [-0.1, -0.05) is 24.3 Å². The third-order valence-corrected chi connectivity index (χ3v) is 3.95. The summed E-state index contributed by atoms with van der Waals surface area (Å²) in [6.07, 6.45) is 1.52. The molecule has 0 aliphatic carbocycles. The van der Waals surface area contributed by atoms with Gasteiger partial charge in [0.2, 0.25) is 0 Å². The summed E-state index contributed by atoms with van der Waals surface area (Å²) in [5, 5.41) is 0. The summed E-state index contributed by atoms with van der Waals surface area (Å²) in [5.41, 5.74) is 1.37. The first-order valence-electron chi connectivity index (χ1n) is 7.90. The Morgan fingerprint density at radius 1 is 0.958 bits per heavy atom. The van der Waals surface area contributed by atoms with E-state index in [-0.39, 0.29) is 18.2 Å². The van der Waals surface area contributed by atoms with Crippen molar-refractivity contribution >= 4 is 17.6 Å². The number of carbonyl (C=O) groups is 2. The van der Waals surface area contributed by atoms with Crippen LogP contribution in [0.5, 0.6) is 0 Å². The van der Waals surface area contributed by atoms with Gasteiger partial charge in [-0.3, -0.25) is 4.79 Å². The first-order chi connectivity index (χ1) is 11.7. The van der Waals surface area contributed by atoms with Gasteiger partial charge in [0.25, 0.3) is 5.91 Å². The van der Waals surface area contributed by atoms with Crippen LogP contribution in [0.15, 0.2) is 54.7 Å². The molecule has 1 saturated heterocycles. The van der Waals surface area contributed by atoms with Crippen molar-refractivity contribution in [2.75, 3.05) is 37.7 Å². The fourth-order valence-corrected chi connectivity index (χ4v) is 2.63. The summed E-state index contributed by atoms with van der Waals surface area (Å²) in [7, 11) is 0. The molecule has 0 saturated carbocycles. The van der Waals surface area contributed by atoms with Gasteiger partial charge >= 0.3 is 5.97 Å². The Kier molecular flexibility index (Phi) is 5.05. The Morgan fingerprint density at radius 2 is 1.67 bits per heavy atom. The smallest absolute Gasteiger partial charge is 0.357 e. The zero-order chi connectivity index (χ0) is 16.8. The molecular formula is C18H19N3O3. The van der Waals surface area contributed by atoms with Gasteiger partial charge in [0.05, 0.1) is 0 Å². The maximum absolute atomic E-state index is 12.2. The van der Waals surface area contributed by atoms with Crippen LogP contribution in [-0.4, -0.2) is 54.5 Å². The van der Waals surface area contributed by atoms with Crippen LogP contribution in [0.3, 0.4) is 0 Å². The van der Waals surface area contributed by atoms with Crippen LogP contribution < -0.4 is 4.90 Å². The third kappa shape index (κ3) is 3.90. The van der Waals surface area contributed by atoms with Crippen molar-refractivity contribution in [2.24, 2.45) is 0 Å². The van der Waals surface area contributed by atoms with Crippen LogP contribution in [0, 0.1) is 0 Å². The SMILES string of the molecule is O=C(OCC(=O)N1CCN(c2ccccc2)CC1)c1ccccn1. The molecule has 24 heavy (non-hydrogen) atoms. The van der Waals surface area contributed by atoms with Crippen LogP contribution in [0.25, 0.3) is 0 Å². The second-order valence-electron chi connectivity index (χ2n) is 5.49. The molecule has 3 rings (SSSR count). The highest BCUT2D eigenvalue weighted by atomic mass is 16.5. The number of hydrogen-bond acceptors (Lipinski definition) is 5. The first-order valence-corrected chi connectivity index (χ1v) is 7.90. The summed E-state index contributed by atoms with van der Waals surface area (Å²) in [4.78, 5) is 31.9. The van der Waals surface area contributed by atoms with Crippen molar-refractivity contribution in [1.82, 2.24) is 9.88 Å². The molecule has 124 valence electrons. The van der Waals surface area contributed by atoms with E-state index in [2.05, 4.69) is 22.0 Å². The number of piperazine rings is 1. The zero-order valence-electron chi connectivity index (χ0n) is 13.3. The first kappa shape index (κ1) is 16.0. The summed E-state index contributed by atoms with van der Waals surface area (Å²) in [6, 6.07) is 15.1. The number of pyridine rings is 1. The number of benzene rings is 1. The van der Waals surface area contributed by atoms with Crippen LogP contribution in [-0.2, 0) is 9.53 Å². The van der Waals surface area contributed by atoms with E-state index in [1.54, 1.807) is 23.1 Å². The second-order valence-corrected chi connectivity index (χ2v) is 5.49. The molecular weight excluding hydrogens is 306 g/mol. The number of hydrogen-bond donors (Lipinski definition) is 0. The molecule has 1 aromatic heterocycles. The largest absolute Gasteiger partial charge is 0.451 e. The fraction of sp³-hybridized carbons (Fsp3) is 0.278. The van der Waals surface area contributed by atoms with E-state index in [0.29, 0.717) is 13.1 Å². The van der Waals surface area contributed by atoms with Crippen molar-refractivity contribution in [2.45, 2.75) is 0 Å². The molecule has 1 aliphatic heterocycles. The van der Waals surface area contributed by atoms with Gasteiger partial charge in [0, 0.05) is 38.1 Å². The third-order valence-electron chi connectivity index (χ3n) is 3.95. The highest BCUT2D eigenvalue weighted by Gasteiger charge is 2.22. The maximum atomic E-state index is 12.2. The summed E-state index contributed by atoms with van der Waals surface area (Å²) in [5.74, 6) is -0.751. The van der Waals surface area contributed by atoms with E-state index < -0.39 is 5.97 Å². The number of aromatic nitrogens is 1. The minimum Gasteiger partial charge on any atom is -0.451 e. The molecule has 0 N–H and O–H groups in total. The average molecular weight is 325 g/mol. The van der Waals surface area contributed by atoms with E-state index in [0.717, 1.165) is 18.8 Å². The second kappa shape index (κ2) is 7.59. The molecule has 1 amide bonds. The lowest BCUT2D eigenvalue weighted by molar-refractivity contribution is -0.134. The molecule has 1 aromatic carbocycles. The molecule has 2 aromatic rings. The van der Waals surface area contributed by atoms with Crippen LogP contribution in [0.1, 0.15) is 10.5 Å². The van der Waals surface area contributed by atoms with Gasteiger partial charge in [0.15, 0.2) is 6.61 Å². The van der Waals surface area contributed by atoms with Gasteiger partial charge in [0.1, 0.15) is 5.69 Å². The lowest BCUT2D eigenvalue weighted by atomic mass is 10.2. The van der Waals surface area contributed by atoms with Gasteiger partial charge in [-0.15, -0.1) is 0 Å². The summed E-state index contributed by atoms with van der Waals surface area (Å²) < 4.78 is 5.05. The molecule has 6 heteroatoms. The molecule has 0 bridgehead atoms. The van der Waals surface area contributed by atoms with Crippen molar-refractivity contribution in [3.8, 4) is 0 Å². The van der Waals surface area contributed by atoms with Crippen LogP contribution in [0.4, 0.5) is 5.69 Å². The number of esters is 1. The number of ether oxygens (including phenoxy) is 1. The molecule has 1 fully saturated rings. The predicted molar refractivity (Wildman–Crippen MR) is 89.8 cm³/mol. The number of nitrogens with zero attached hydrogens (tertiary/aromatic N) is 3. The number of rotatable bonds is 4. The number of amides is 1. The van der Waals surface area contributed by atoms with E-state index in [1.807, 2.05) is 18.2 Å². The van der Waals surface area contributed by atoms with E-state index in [4.69, 9.17) is 4.74 Å². The van der Waals surface area contributed by atoms with Gasteiger partial charge < -0.3 is 14.5 Å². The Bertz CT molecular complexity index is 683. The predicted octanol–water partition coefficient (Wildman–Crippen LogP) is 1.59. The van der Waals surface area contributed by atoms with Crippen molar-refractivity contribution in [3.63, 3.8) is 0 Å². The quantitative estimate of drug-likeness (QED) is 0.799. The number of carbonyl (C=O) groups excluding carboxylic acids is 2.